The molecule has 0 saturated carbocycles. The number of carboxylic acids is 1. The minimum atomic E-state index is -3.90. The van der Waals surface area contributed by atoms with E-state index in [1.165, 1.54) is 17.0 Å². The van der Waals surface area contributed by atoms with Gasteiger partial charge >= 0.3 is 5.97 Å². The van der Waals surface area contributed by atoms with Gasteiger partial charge in [0.1, 0.15) is 5.82 Å². The molecule has 164 valence electrons. The maximum Gasteiger partial charge on any atom is 0.359 e. The van der Waals surface area contributed by atoms with Crippen molar-refractivity contribution in [2.75, 3.05) is 36.9 Å². The van der Waals surface area contributed by atoms with Gasteiger partial charge in [-0.15, -0.1) is 4.83 Å². The molecule has 1 aliphatic heterocycles. The Bertz CT molecular complexity index is 1000. The number of alkyl halides is 1. The highest BCUT2D eigenvalue weighted by molar-refractivity contribution is 7.92. The quantitative estimate of drug-likeness (QED) is 0.491. The molecule has 0 aliphatic carbocycles. The number of halogens is 2. The van der Waals surface area contributed by atoms with Gasteiger partial charge in [0.05, 0.1) is 24.7 Å². The van der Waals surface area contributed by atoms with Gasteiger partial charge in [0, 0.05) is 19.1 Å². The predicted molar refractivity (Wildman–Crippen MR) is 101 cm³/mol. The van der Waals surface area contributed by atoms with Crippen molar-refractivity contribution in [2.45, 2.75) is 18.8 Å². The van der Waals surface area contributed by atoms with Crippen LogP contribution in [0.25, 0.3) is 0 Å². The number of hydrazine groups is 1. The van der Waals surface area contributed by atoms with E-state index >= 15 is 4.39 Å². The summed E-state index contributed by atoms with van der Waals surface area (Å²) in [7, 11) is -7.57. The van der Waals surface area contributed by atoms with Crippen molar-refractivity contribution in [1.82, 2.24) is 14.7 Å². The standard InChI is InChI=1S/C15H22F2N4O6S2/c1-10(11-4-5-13(12(16)8-11)18-28(2,24)25)20-6-7-21(19-29(3,26)27)15(17,9-20)14(22)23/h4-5,8,10,18-19H,6-7,9H2,1-3H3,(H,22,23)/t10?,15-/m0/s1. The number of anilines is 1. The van der Waals surface area contributed by atoms with E-state index in [0.717, 1.165) is 18.6 Å². The van der Waals surface area contributed by atoms with Gasteiger partial charge in [-0.25, -0.2) is 30.4 Å². The number of hydrogen-bond donors (Lipinski definition) is 3. The lowest BCUT2D eigenvalue weighted by molar-refractivity contribution is -0.181. The molecule has 0 radical (unpaired) electrons. The van der Waals surface area contributed by atoms with Gasteiger partial charge in [0.15, 0.2) is 0 Å². The molecule has 0 amide bonds. The number of aliphatic carboxylic acids is 1. The fraction of sp³-hybridized carbons (Fsp3) is 0.533. The van der Waals surface area contributed by atoms with E-state index in [-0.39, 0.29) is 18.8 Å². The van der Waals surface area contributed by atoms with Crippen molar-refractivity contribution >= 4 is 31.7 Å². The van der Waals surface area contributed by atoms with Crippen LogP contribution in [0.4, 0.5) is 14.5 Å². The van der Waals surface area contributed by atoms with Crippen LogP contribution in [-0.2, 0) is 24.8 Å². The van der Waals surface area contributed by atoms with E-state index < -0.39 is 50.2 Å². The third-order valence-electron chi connectivity index (χ3n) is 4.37. The van der Waals surface area contributed by atoms with Crippen LogP contribution in [0.5, 0.6) is 0 Å². The van der Waals surface area contributed by atoms with Crippen LogP contribution >= 0.6 is 0 Å². The number of piperazine rings is 1. The SMILES string of the molecule is CC(c1ccc(NS(C)(=O)=O)c(F)c1)N1CCN(NS(C)(=O)=O)[C@](F)(C(=O)O)C1. The molecule has 10 nitrogen and oxygen atoms in total. The zero-order chi connectivity index (χ0) is 22.2. The summed E-state index contributed by atoms with van der Waals surface area (Å²) < 4.78 is 76.7. The zero-order valence-electron chi connectivity index (χ0n) is 15.9. The second kappa shape index (κ2) is 8.10. The number of hydrogen-bond acceptors (Lipinski definition) is 7. The lowest BCUT2D eigenvalue weighted by atomic mass is 10.0. The van der Waals surface area contributed by atoms with Crippen molar-refractivity contribution in [3.63, 3.8) is 0 Å². The fourth-order valence-corrected chi connectivity index (χ4v) is 4.16. The monoisotopic (exact) mass is 456 g/mol. The minimum absolute atomic E-state index is 0.0909. The molecule has 0 bridgehead atoms. The summed E-state index contributed by atoms with van der Waals surface area (Å²) in [6, 6.07) is 3.08. The Labute approximate surface area is 167 Å². The van der Waals surface area contributed by atoms with Crippen molar-refractivity contribution in [3.8, 4) is 0 Å². The summed E-state index contributed by atoms with van der Waals surface area (Å²) in [5, 5.41) is 9.83. The lowest BCUT2D eigenvalue weighted by Gasteiger charge is -2.44. The second-order valence-electron chi connectivity index (χ2n) is 6.84. The van der Waals surface area contributed by atoms with Crippen molar-refractivity contribution in [1.29, 1.82) is 0 Å². The lowest BCUT2D eigenvalue weighted by Crippen LogP contribution is -2.68. The van der Waals surface area contributed by atoms with Gasteiger partial charge in [-0.2, -0.15) is 5.01 Å². The van der Waals surface area contributed by atoms with Crippen LogP contribution in [0.15, 0.2) is 18.2 Å². The zero-order valence-corrected chi connectivity index (χ0v) is 17.5. The molecule has 1 saturated heterocycles. The summed E-state index contributed by atoms with van der Waals surface area (Å²) >= 11 is 0. The second-order valence-corrected chi connectivity index (χ2v) is 10.3. The number of carboxylic acid groups (broad SMARTS) is 1. The molecule has 14 heteroatoms. The van der Waals surface area contributed by atoms with Gasteiger partial charge in [-0.05, 0) is 24.6 Å². The number of sulfonamides is 2. The Morgan fingerprint density at radius 3 is 2.31 bits per heavy atom. The molecule has 1 unspecified atom stereocenters. The maximum absolute atomic E-state index is 15.2. The molecule has 2 rings (SSSR count). The molecule has 1 fully saturated rings. The van der Waals surface area contributed by atoms with E-state index in [0.29, 0.717) is 10.6 Å². The first kappa shape index (κ1) is 23.4. The number of nitrogens with one attached hydrogen (secondary N) is 2. The molecule has 1 aliphatic rings. The normalized spacial score (nSPS) is 22.9. The Balaban J connectivity index is 2.25. The summed E-state index contributed by atoms with van der Waals surface area (Å²) in [5.41, 5.74) is 0.106. The van der Waals surface area contributed by atoms with Gasteiger partial charge in [-0.3, -0.25) is 9.62 Å². The van der Waals surface area contributed by atoms with Crippen LogP contribution in [0.3, 0.4) is 0 Å². The van der Waals surface area contributed by atoms with Gasteiger partial charge < -0.3 is 5.11 Å². The van der Waals surface area contributed by atoms with E-state index in [2.05, 4.69) is 0 Å². The highest BCUT2D eigenvalue weighted by Crippen LogP contribution is 2.30. The van der Waals surface area contributed by atoms with E-state index in [1.54, 1.807) is 6.92 Å². The number of benzene rings is 1. The third kappa shape index (κ3) is 5.82. The van der Waals surface area contributed by atoms with Crippen molar-refractivity contribution in [3.05, 3.63) is 29.6 Å². The average molecular weight is 456 g/mol. The van der Waals surface area contributed by atoms with Crippen molar-refractivity contribution < 1.29 is 35.5 Å². The summed E-state index contributed by atoms with van der Waals surface area (Å²) in [6.07, 6.45) is 1.65. The first-order chi connectivity index (χ1) is 13.1. The van der Waals surface area contributed by atoms with Gasteiger partial charge in [0.2, 0.25) is 20.0 Å². The van der Waals surface area contributed by atoms with Gasteiger partial charge in [0.25, 0.3) is 5.79 Å². The Morgan fingerprint density at radius 1 is 1.21 bits per heavy atom. The van der Waals surface area contributed by atoms with Crippen LogP contribution in [-0.4, -0.2) is 75.8 Å². The topological polar surface area (TPSA) is 136 Å². The van der Waals surface area contributed by atoms with E-state index in [9.17, 15) is 31.1 Å². The van der Waals surface area contributed by atoms with Crippen LogP contribution in [0, 0.1) is 5.82 Å². The largest absolute Gasteiger partial charge is 0.478 e. The average Bonchev–Trinajstić information content (AvgIpc) is 2.55. The summed E-state index contributed by atoms with van der Waals surface area (Å²) in [4.78, 5) is 14.8. The Hall–Kier alpha value is -1.87. The highest BCUT2D eigenvalue weighted by Gasteiger charge is 2.51. The Kier molecular flexibility index (Phi) is 6.54. The van der Waals surface area contributed by atoms with Crippen molar-refractivity contribution in [2.24, 2.45) is 0 Å². The molecule has 29 heavy (non-hydrogen) atoms. The number of carbonyl (C=O) groups is 1. The highest BCUT2D eigenvalue weighted by atomic mass is 32.2. The molecular formula is C15H22F2N4O6S2. The van der Waals surface area contributed by atoms with E-state index in [1.807, 2.05) is 9.55 Å². The maximum atomic E-state index is 15.2. The molecule has 1 heterocycles. The minimum Gasteiger partial charge on any atom is -0.478 e. The summed E-state index contributed by atoms with van der Waals surface area (Å²) in [6.45, 7) is 0.737. The molecule has 2 atom stereocenters. The molecule has 0 spiro atoms. The first-order valence-electron chi connectivity index (χ1n) is 8.31. The Morgan fingerprint density at radius 2 is 1.83 bits per heavy atom. The predicted octanol–water partition coefficient (Wildman–Crippen LogP) is 0.0904. The molecule has 1 aromatic carbocycles. The summed E-state index contributed by atoms with van der Waals surface area (Å²) in [5.74, 6) is -5.75. The fourth-order valence-electron chi connectivity index (χ4n) is 2.96. The van der Waals surface area contributed by atoms with Gasteiger partial charge in [-0.1, -0.05) is 6.07 Å². The molecule has 1 aromatic rings. The van der Waals surface area contributed by atoms with Crippen LogP contribution in [0.1, 0.15) is 18.5 Å². The molecular weight excluding hydrogens is 434 g/mol. The first-order valence-corrected chi connectivity index (χ1v) is 12.1. The van der Waals surface area contributed by atoms with E-state index in [4.69, 9.17) is 0 Å². The molecule has 0 aromatic heterocycles. The van der Waals surface area contributed by atoms with Crippen LogP contribution < -0.4 is 9.55 Å². The smallest absolute Gasteiger partial charge is 0.359 e. The number of rotatable bonds is 7. The molecule has 3 N–H and O–H groups in total. The van der Waals surface area contributed by atoms with Crippen LogP contribution in [0.2, 0.25) is 0 Å². The third-order valence-corrected chi connectivity index (χ3v) is 5.52. The number of nitrogens with zero attached hydrogens (tertiary/aromatic N) is 2.